The number of amides is 1. The van der Waals surface area contributed by atoms with Gasteiger partial charge in [0.2, 0.25) is 0 Å². The van der Waals surface area contributed by atoms with Crippen molar-refractivity contribution in [2.75, 3.05) is 13.2 Å². The van der Waals surface area contributed by atoms with Crippen molar-refractivity contribution in [3.63, 3.8) is 0 Å². The van der Waals surface area contributed by atoms with E-state index in [2.05, 4.69) is 16.0 Å². The van der Waals surface area contributed by atoms with E-state index in [1.807, 2.05) is 49.4 Å². The van der Waals surface area contributed by atoms with Gasteiger partial charge in [0.25, 0.3) is 5.91 Å². The summed E-state index contributed by atoms with van der Waals surface area (Å²) in [6, 6.07) is 23.1. The van der Waals surface area contributed by atoms with Crippen LogP contribution in [0.1, 0.15) is 21.7 Å². The minimum absolute atomic E-state index is 0.184. The lowest BCUT2D eigenvalue weighted by atomic mass is 10.2. The molecule has 0 fully saturated rings. The maximum Gasteiger partial charge on any atom is 0.252 e. The maximum atomic E-state index is 12.4. The van der Waals surface area contributed by atoms with Gasteiger partial charge < -0.3 is 14.6 Å². The number of fused-ring (bicyclic) bond motifs is 1. The van der Waals surface area contributed by atoms with Gasteiger partial charge in [-0.2, -0.15) is 0 Å². The number of nitrogens with zero attached hydrogens (tertiary/aromatic N) is 2. The van der Waals surface area contributed by atoms with Crippen LogP contribution in [0.2, 0.25) is 5.02 Å². The highest BCUT2D eigenvalue weighted by Gasteiger charge is 2.13. The van der Waals surface area contributed by atoms with E-state index >= 15 is 0 Å². The first-order valence-electron chi connectivity index (χ1n) is 10.3. The summed E-state index contributed by atoms with van der Waals surface area (Å²) in [5.41, 5.74) is 3.64. The van der Waals surface area contributed by atoms with Crippen molar-refractivity contribution in [2.45, 2.75) is 19.9 Å². The van der Waals surface area contributed by atoms with Crippen LogP contribution in [0, 0.1) is 6.92 Å². The molecule has 0 aliphatic rings. The predicted molar refractivity (Wildman–Crippen MR) is 124 cm³/mol. The molecule has 158 valence electrons. The minimum atomic E-state index is -0.184. The van der Waals surface area contributed by atoms with Crippen LogP contribution >= 0.6 is 11.6 Å². The molecule has 4 rings (SSSR count). The zero-order valence-corrected chi connectivity index (χ0v) is 18.1. The molecule has 1 aromatic heterocycles. The fraction of sp³-hybridized carbons (Fsp3) is 0.200. The Bertz CT molecular complexity index is 1200. The van der Waals surface area contributed by atoms with Crippen LogP contribution in [-0.4, -0.2) is 28.6 Å². The van der Waals surface area contributed by atoms with Crippen molar-refractivity contribution in [1.82, 2.24) is 14.9 Å². The average Bonchev–Trinajstić information content (AvgIpc) is 3.11. The van der Waals surface area contributed by atoms with E-state index in [0.29, 0.717) is 36.7 Å². The number of carbonyl (C=O) groups excluding carboxylic acids is 1. The number of rotatable bonds is 8. The second-order valence-corrected chi connectivity index (χ2v) is 7.73. The molecule has 0 aliphatic heterocycles. The summed E-state index contributed by atoms with van der Waals surface area (Å²) in [6.07, 6.45) is 0.606. The summed E-state index contributed by atoms with van der Waals surface area (Å²) < 4.78 is 8.10. The van der Waals surface area contributed by atoms with Crippen molar-refractivity contribution in [3.05, 3.63) is 94.8 Å². The number of aryl methyl sites for hydroxylation is 1. The SMILES string of the molecule is Cc1cccc(OCCn2c(CCNC(=O)c3ccccc3Cl)nc3ccccc32)c1. The quantitative estimate of drug-likeness (QED) is 0.423. The Morgan fingerprint density at radius 3 is 2.71 bits per heavy atom. The van der Waals surface area contributed by atoms with Crippen LogP contribution in [0.4, 0.5) is 0 Å². The van der Waals surface area contributed by atoms with E-state index in [1.165, 1.54) is 5.56 Å². The Balaban J connectivity index is 1.43. The average molecular weight is 434 g/mol. The molecule has 1 amide bonds. The molecular formula is C25H24ClN3O2. The summed E-state index contributed by atoms with van der Waals surface area (Å²) in [5.74, 6) is 1.59. The molecule has 1 heterocycles. The first-order valence-corrected chi connectivity index (χ1v) is 10.7. The van der Waals surface area contributed by atoms with Crippen molar-refractivity contribution < 1.29 is 9.53 Å². The number of hydrogen-bond acceptors (Lipinski definition) is 3. The fourth-order valence-electron chi connectivity index (χ4n) is 3.55. The monoisotopic (exact) mass is 433 g/mol. The van der Waals surface area contributed by atoms with Crippen LogP contribution in [0.25, 0.3) is 11.0 Å². The second kappa shape index (κ2) is 9.67. The maximum absolute atomic E-state index is 12.4. The third-order valence-corrected chi connectivity index (χ3v) is 5.39. The van der Waals surface area contributed by atoms with Gasteiger partial charge in [0.1, 0.15) is 18.2 Å². The highest BCUT2D eigenvalue weighted by molar-refractivity contribution is 6.33. The van der Waals surface area contributed by atoms with Gasteiger partial charge >= 0.3 is 0 Å². The number of hydrogen-bond donors (Lipinski definition) is 1. The van der Waals surface area contributed by atoms with Crippen LogP contribution in [-0.2, 0) is 13.0 Å². The Kier molecular flexibility index (Phi) is 6.53. The summed E-state index contributed by atoms with van der Waals surface area (Å²) in [5, 5.41) is 3.38. The molecule has 5 nitrogen and oxygen atoms in total. The number of para-hydroxylation sites is 2. The number of imidazole rings is 1. The number of aromatic nitrogens is 2. The molecule has 1 N–H and O–H groups in total. The normalized spacial score (nSPS) is 10.9. The van der Waals surface area contributed by atoms with Gasteiger partial charge in [0.15, 0.2) is 0 Å². The Labute approximate surface area is 186 Å². The van der Waals surface area contributed by atoms with Gasteiger partial charge in [0.05, 0.1) is 28.2 Å². The lowest BCUT2D eigenvalue weighted by molar-refractivity contribution is 0.0954. The van der Waals surface area contributed by atoms with E-state index in [-0.39, 0.29) is 5.91 Å². The number of ether oxygens (including phenoxy) is 1. The molecule has 0 unspecified atom stereocenters. The molecule has 0 bridgehead atoms. The first kappa shape index (κ1) is 20.9. The lowest BCUT2D eigenvalue weighted by Crippen LogP contribution is -2.27. The molecule has 0 radical (unpaired) electrons. The Morgan fingerprint density at radius 2 is 1.87 bits per heavy atom. The van der Waals surface area contributed by atoms with Crippen molar-refractivity contribution in [3.8, 4) is 5.75 Å². The molecule has 6 heteroatoms. The van der Waals surface area contributed by atoms with E-state index in [0.717, 1.165) is 22.6 Å². The molecule has 4 aromatic rings. The summed E-state index contributed by atoms with van der Waals surface area (Å²) in [7, 11) is 0. The number of halogens is 1. The summed E-state index contributed by atoms with van der Waals surface area (Å²) in [4.78, 5) is 17.2. The van der Waals surface area contributed by atoms with Gasteiger partial charge in [-0.3, -0.25) is 4.79 Å². The molecule has 0 spiro atoms. The minimum Gasteiger partial charge on any atom is -0.492 e. The first-order chi connectivity index (χ1) is 15.1. The Hall–Kier alpha value is -3.31. The number of benzene rings is 3. The number of nitrogens with one attached hydrogen (secondary N) is 1. The van der Waals surface area contributed by atoms with Crippen molar-refractivity contribution >= 4 is 28.5 Å². The molecule has 31 heavy (non-hydrogen) atoms. The third kappa shape index (κ3) is 5.06. The largest absolute Gasteiger partial charge is 0.492 e. The topological polar surface area (TPSA) is 56.1 Å². The molecular weight excluding hydrogens is 410 g/mol. The van der Waals surface area contributed by atoms with E-state index in [4.69, 9.17) is 21.3 Å². The summed E-state index contributed by atoms with van der Waals surface area (Å²) >= 11 is 6.12. The zero-order chi connectivity index (χ0) is 21.6. The van der Waals surface area contributed by atoms with E-state index < -0.39 is 0 Å². The van der Waals surface area contributed by atoms with E-state index in [1.54, 1.807) is 24.3 Å². The summed E-state index contributed by atoms with van der Waals surface area (Å²) in [6.45, 7) is 3.71. The van der Waals surface area contributed by atoms with Gasteiger partial charge in [0, 0.05) is 13.0 Å². The number of carbonyl (C=O) groups is 1. The second-order valence-electron chi connectivity index (χ2n) is 7.32. The standard InChI is InChI=1S/C25H24ClN3O2/c1-18-7-6-8-19(17-18)31-16-15-29-23-12-5-4-11-22(23)28-24(29)13-14-27-25(30)20-9-2-3-10-21(20)26/h2-12,17H,13-16H2,1H3,(H,27,30). The van der Waals surface area contributed by atoms with Crippen LogP contribution in [0.15, 0.2) is 72.8 Å². The zero-order valence-electron chi connectivity index (χ0n) is 17.3. The van der Waals surface area contributed by atoms with Gasteiger partial charge in [-0.05, 0) is 48.9 Å². The highest BCUT2D eigenvalue weighted by Crippen LogP contribution is 2.18. The smallest absolute Gasteiger partial charge is 0.252 e. The predicted octanol–water partition coefficient (Wildman–Crippen LogP) is 5.05. The third-order valence-electron chi connectivity index (χ3n) is 5.06. The highest BCUT2D eigenvalue weighted by atomic mass is 35.5. The van der Waals surface area contributed by atoms with Crippen LogP contribution in [0.5, 0.6) is 5.75 Å². The van der Waals surface area contributed by atoms with Gasteiger partial charge in [-0.1, -0.05) is 48.0 Å². The van der Waals surface area contributed by atoms with E-state index in [9.17, 15) is 4.79 Å². The molecule has 0 aliphatic carbocycles. The van der Waals surface area contributed by atoms with Gasteiger partial charge in [-0.15, -0.1) is 0 Å². The fourth-order valence-corrected chi connectivity index (χ4v) is 3.78. The lowest BCUT2D eigenvalue weighted by Gasteiger charge is -2.12. The molecule has 3 aromatic carbocycles. The van der Waals surface area contributed by atoms with Crippen LogP contribution < -0.4 is 10.1 Å². The van der Waals surface area contributed by atoms with Crippen LogP contribution in [0.3, 0.4) is 0 Å². The van der Waals surface area contributed by atoms with Gasteiger partial charge in [-0.25, -0.2) is 4.98 Å². The Morgan fingerprint density at radius 1 is 1.06 bits per heavy atom. The molecule has 0 atom stereocenters. The molecule has 0 saturated heterocycles. The van der Waals surface area contributed by atoms with Crippen molar-refractivity contribution in [2.24, 2.45) is 0 Å². The molecule has 0 saturated carbocycles. The van der Waals surface area contributed by atoms with Crippen molar-refractivity contribution in [1.29, 1.82) is 0 Å².